The molecule has 0 heterocycles. The van der Waals surface area contributed by atoms with E-state index in [-0.39, 0.29) is 23.8 Å². The highest BCUT2D eigenvalue weighted by atomic mass is 28.4. The molecule has 1 atom stereocenters. The minimum Gasteiger partial charge on any atom is -0.463 e. The van der Waals surface area contributed by atoms with E-state index >= 15 is 0 Å². The summed E-state index contributed by atoms with van der Waals surface area (Å²) in [6, 6.07) is 9.16. The van der Waals surface area contributed by atoms with Gasteiger partial charge in [0.05, 0.1) is 18.8 Å². The number of carbonyl (C=O) groups is 2. The lowest BCUT2D eigenvalue weighted by Gasteiger charge is -2.35. The van der Waals surface area contributed by atoms with Crippen LogP contribution in [0, 0.1) is 0 Å². The van der Waals surface area contributed by atoms with Gasteiger partial charge in [0.15, 0.2) is 14.4 Å². The SMILES string of the molecule is CCOC(=O)/C(=C/CO[Si](C)(C)C(C)(C)C)C(OC(C)=O)c1ccccc1. The Labute approximate surface area is 163 Å². The van der Waals surface area contributed by atoms with Crippen LogP contribution >= 0.6 is 0 Å². The minimum absolute atomic E-state index is 0.0552. The summed E-state index contributed by atoms with van der Waals surface area (Å²) in [5.74, 6) is -0.976. The van der Waals surface area contributed by atoms with Crippen LogP contribution in [0.15, 0.2) is 42.0 Å². The average molecular weight is 393 g/mol. The Balaban J connectivity index is 3.20. The maximum Gasteiger partial charge on any atom is 0.337 e. The quantitative estimate of drug-likeness (QED) is 0.361. The highest BCUT2D eigenvalue weighted by Gasteiger charge is 2.37. The highest BCUT2D eigenvalue weighted by Crippen LogP contribution is 2.36. The van der Waals surface area contributed by atoms with Crippen molar-refractivity contribution in [1.82, 2.24) is 0 Å². The minimum atomic E-state index is -1.98. The Morgan fingerprint density at radius 3 is 2.22 bits per heavy atom. The van der Waals surface area contributed by atoms with Gasteiger partial charge in [-0.15, -0.1) is 0 Å². The molecule has 5 nitrogen and oxygen atoms in total. The molecule has 0 saturated heterocycles. The fourth-order valence-electron chi connectivity index (χ4n) is 2.17. The van der Waals surface area contributed by atoms with E-state index < -0.39 is 26.4 Å². The molecule has 0 bridgehead atoms. The molecule has 6 heteroatoms. The number of rotatable bonds is 8. The van der Waals surface area contributed by atoms with E-state index in [1.165, 1.54) is 6.92 Å². The van der Waals surface area contributed by atoms with Crippen LogP contribution < -0.4 is 0 Å². The first-order chi connectivity index (χ1) is 12.5. The Hall–Kier alpha value is -1.92. The van der Waals surface area contributed by atoms with Gasteiger partial charge in [0.2, 0.25) is 0 Å². The summed E-state index contributed by atoms with van der Waals surface area (Å²) in [5.41, 5.74) is 0.983. The van der Waals surface area contributed by atoms with E-state index in [4.69, 9.17) is 13.9 Å². The zero-order valence-corrected chi connectivity index (χ0v) is 18.5. The van der Waals surface area contributed by atoms with Crippen molar-refractivity contribution in [2.75, 3.05) is 13.2 Å². The third-order valence-electron chi connectivity index (χ3n) is 4.73. The van der Waals surface area contributed by atoms with Crippen molar-refractivity contribution in [3.05, 3.63) is 47.5 Å². The number of benzene rings is 1. The Bertz CT molecular complexity index is 659. The normalized spacial score (nSPS) is 13.8. The van der Waals surface area contributed by atoms with Gasteiger partial charge in [-0.05, 0) is 36.7 Å². The smallest absolute Gasteiger partial charge is 0.337 e. The molecule has 0 aliphatic carbocycles. The third kappa shape index (κ3) is 6.95. The monoisotopic (exact) mass is 392 g/mol. The molecule has 1 rings (SSSR count). The van der Waals surface area contributed by atoms with Gasteiger partial charge in [0.1, 0.15) is 0 Å². The molecule has 0 amide bonds. The standard InChI is InChI=1S/C21H32O5Si/c1-8-24-20(23)18(14-15-25-27(6,7)21(3,4)5)19(26-16(2)22)17-12-10-9-11-13-17/h9-14,19H,8,15H2,1-7H3/b18-14+. The molecule has 0 spiro atoms. The molecular formula is C21H32O5Si. The van der Waals surface area contributed by atoms with Crippen LogP contribution in [0.1, 0.15) is 46.3 Å². The lowest BCUT2D eigenvalue weighted by molar-refractivity contribution is -0.148. The molecule has 0 fully saturated rings. The Kier molecular flexibility index (Phi) is 8.43. The van der Waals surface area contributed by atoms with Crippen LogP contribution in [0.5, 0.6) is 0 Å². The first-order valence-corrected chi connectivity index (χ1v) is 12.1. The second-order valence-electron chi connectivity index (χ2n) is 7.85. The fraction of sp³-hybridized carbons (Fsp3) is 0.524. The molecule has 0 aliphatic rings. The maximum absolute atomic E-state index is 12.6. The first-order valence-electron chi connectivity index (χ1n) is 9.23. The van der Waals surface area contributed by atoms with E-state index in [0.29, 0.717) is 5.56 Å². The van der Waals surface area contributed by atoms with Crippen LogP contribution in [-0.4, -0.2) is 33.5 Å². The number of hydrogen-bond acceptors (Lipinski definition) is 5. The largest absolute Gasteiger partial charge is 0.463 e. The van der Waals surface area contributed by atoms with Crippen molar-refractivity contribution in [3.8, 4) is 0 Å². The molecule has 1 unspecified atom stereocenters. The summed E-state index contributed by atoms with van der Waals surface area (Å²) in [6.45, 7) is 14.3. The van der Waals surface area contributed by atoms with Gasteiger partial charge in [0, 0.05) is 6.92 Å². The highest BCUT2D eigenvalue weighted by molar-refractivity contribution is 6.74. The van der Waals surface area contributed by atoms with Gasteiger partial charge in [-0.3, -0.25) is 4.79 Å². The number of ether oxygens (including phenoxy) is 2. The third-order valence-corrected chi connectivity index (χ3v) is 9.23. The summed E-state index contributed by atoms with van der Waals surface area (Å²) >= 11 is 0. The molecule has 1 aromatic rings. The molecule has 0 N–H and O–H groups in total. The molecule has 0 saturated carbocycles. The Morgan fingerprint density at radius 1 is 1.15 bits per heavy atom. The van der Waals surface area contributed by atoms with Gasteiger partial charge < -0.3 is 13.9 Å². The van der Waals surface area contributed by atoms with Crippen molar-refractivity contribution in [1.29, 1.82) is 0 Å². The lowest BCUT2D eigenvalue weighted by Crippen LogP contribution is -2.40. The zero-order valence-electron chi connectivity index (χ0n) is 17.5. The summed E-state index contributed by atoms with van der Waals surface area (Å²) in [7, 11) is -1.98. The van der Waals surface area contributed by atoms with E-state index in [1.54, 1.807) is 13.0 Å². The van der Waals surface area contributed by atoms with Gasteiger partial charge >= 0.3 is 11.9 Å². The Morgan fingerprint density at radius 2 is 1.74 bits per heavy atom. The molecule has 0 aromatic heterocycles. The molecule has 150 valence electrons. The van der Waals surface area contributed by atoms with E-state index in [2.05, 4.69) is 33.9 Å². The molecule has 0 aliphatic heterocycles. The number of hydrogen-bond donors (Lipinski definition) is 0. The predicted molar refractivity (Wildman–Crippen MR) is 109 cm³/mol. The first kappa shape index (κ1) is 23.1. The summed E-state index contributed by atoms with van der Waals surface area (Å²) < 4.78 is 16.8. The van der Waals surface area contributed by atoms with Crippen LogP contribution in [0.3, 0.4) is 0 Å². The zero-order chi connectivity index (χ0) is 20.7. The van der Waals surface area contributed by atoms with Crippen LogP contribution in [0.4, 0.5) is 0 Å². The van der Waals surface area contributed by atoms with Gasteiger partial charge in [0.25, 0.3) is 0 Å². The van der Waals surface area contributed by atoms with Crippen LogP contribution in [0.2, 0.25) is 18.1 Å². The summed E-state index contributed by atoms with van der Waals surface area (Å²) in [5, 5.41) is 0.0552. The van der Waals surface area contributed by atoms with Crippen molar-refractivity contribution >= 4 is 20.3 Å². The average Bonchev–Trinajstić information content (AvgIpc) is 2.56. The van der Waals surface area contributed by atoms with Gasteiger partial charge in [-0.1, -0.05) is 51.1 Å². The molecular weight excluding hydrogens is 360 g/mol. The number of esters is 2. The second kappa shape index (κ2) is 9.85. The van der Waals surface area contributed by atoms with Crippen LogP contribution in [0.25, 0.3) is 0 Å². The van der Waals surface area contributed by atoms with E-state index in [9.17, 15) is 9.59 Å². The summed E-state index contributed by atoms with van der Waals surface area (Å²) in [6.07, 6.45) is 0.852. The topological polar surface area (TPSA) is 61.8 Å². The lowest BCUT2D eigenvalue weighted by atomic mass is 10.0. The van der Waals surface area contributed by atoms with E-state index in [1.807, 2.05) is 30.3 Å². The molecule has 1 aromatic carbocycles. The molecule has 0 radical (unpaired) electrons. The van der Waals surface area contributed by atoms with Gasteiger partial charge in [-0.25, -0.2) is 4.79 Å². The van der Waals surface area contributed by atoms with Crippen molar-refractivity contribution < 1.29 is 23.5 Å². The number of carbonyl (C=O) groups excluding carboxylic acids is 2. The predicted octanol–water partition coefficient (Wildman–Crippen LogP) is 4.80. The molecule has 27 heavy (non-hydrogen) atoms. The second-order valence-corrected chi connectivity index (χ2v) is 12.7. The van der Waals surface area contributed by atoms with Gasteiger partial charge in [-0.2, -0.15) is 0 Å². The van der Waals surface area contributed by atoms with Crippen molar-refractivity contribution in [3.63, 3.8) is 0 Å². The maximum atomic E-state index is 12.6. The van der Waals surface area contributed by atoms with Crippen molar-refractivity contribution in [2.24, 2.45) is 0 Å². The fourth-order valence-corrected chi connectivity index (χ4v) is 3.11. The van der Waals surface area contributed by atoms with Crippen molar-refractivity contribution in [2.45, 2.75) is 58.9 Å². The van der Waals surface area contributed by atoms with E-state index in [0.717, 1.165) is 0 Å². The summed E-state index contributed by atoms with van der Waals surface area (Å²) in [4.78, 5) is 24.2. The van der Waals surface area contributed by atoms with Crippen LogP contribution in [-0.2, 0) is 23.5 Å².